The molecule has 4 heteroatoms. The summed E-state index contributed by atoms with van der Waals surface area (Å²) in [6, 6.07) is 11.3. The number of carboxylic acids is 1. The molecule has 0 aliphatic heterocycles. The minimum Gasteiger partial charge on any atom is -0.487 e. The first kappa shape index (κ1) is 13.8. The highest BCUT2D eigenvalue weighted by Gasteiger charge is 2.03. The van der Waals surface area contributed by atoms with E-state index < -0.39 is 5.97 Å². The van der Waals surface area contributed by atoms with Crippen molar-refractivity contribution >= 4 is 12.0 Å². The zero-order valence-electron chi connectivity index (χ0n) is 11.1. The third-order valence-electron chi connectivity index (χ3n) is 2.67. The van der Waals surface area contributed by atoms with Crippen molar-refractivity contribution < 1.29 is 14.6 Å². The standard InChI is InChI=1S/C16H15NO3/c1-12-5-7-15(13(10-12)6-8-16(18)19)20-11-14-4-2-3-9-17-14/h2-10H,11H2,1H3,(H,18,19). The van der Waals surface area contributed by atoms with Crippen LogP contribution >= 0.6 is 0 Å². The summed E-state index contributed by atoms with van der Waals surface area (Å²) in [5.74, 6) is -0.346. The first-order valence-corrected chi connectivity index (χ1v) is 6.19. The van der Waals surface area contributed by atoms with Crippen LogP contribution in [-0.4, -0.2) is 16.1 Å². The second-order valence-electron chi connectivity index (χ2n) is 4.32. The Morgan fingerprint density at radius 1 is 1.35 bits per heavy atom. The van der Waals surface area contributed by atoms with Crippen molar-refractivity contribution in [2.24, 2.45) is 0 Å². The average molecular weight is 269 g/mol. The number of nitrogens with zero attached hydrogens (tertiary/aromatic N) is 1. The van der Waals surface area contributed by atoms with E-state index in [0.717, 1.165) is 22.9 Å². The summed E-state index contributed by atoms with van der Waals surface area (Å²) in [4.78, 5) is 14.8. The predicted octanol–water partition coefficient (Wildman–Crippen LogP) is 3.07. The Labute approximate surface area is 117 Å². The molecule has 0 aliphatic rings. The SMILES string of the molecule is Cc1ccc(OCc2ccccn2)c(C=CC(=O)O)c1. The van der Waals surface area contributed by atoms with Gasteiger partial charge in [-0.15, -0.1) is 0 Å². The van der Waals surface area contributed by atoms with E-state index in [1.807, 2.05) is 43.3 Å². The van der Waals surface area contributed by atoms with E-state index in [-0.39, 0.29) is 0 Å². The van der Waals surface area contributed by atoms with Gasteiger partial charge < -0.3 is 9.84 Å². The molecule has 2 rings (SSSR count). The van der Waals surface area contributed by atoms with Crippen molar-refractivity contribution in [3.63, 3.8) is 0 Å². The van der Waals surface area contributed by atoms with Gasteiger partial charge in [0.05, 0.1) is 5.69 Å². The minimum atomic E-state index is -0.984. The Morgan fingerprint density at radius 2 is 2.20 bits per heavy atom. The van der Waals surface area contributed by atoms with E-state index in [1.165, 1.54) is 6.08 Å². The molecule has 1 aromatic heterocycles. The molecule has 0 aliphatic carbocycles. The maximum Gasteiger partial charge on any atom is 0.328 e. The van der Waals surface area contributed by atoms with Gasteiger partial charge in [-0.1, -0.05) is 17.7 Å². The fourth-order valence-electron chi connectivity index (χ4n) is 1.73. The Bertz CT molecular complexity index is 621. The molecule has 1 N–H and O–H groups in total. The van der Waals surface area contributed by atoms with Crippen molar-refractivity contribution in [1.82, 2.24) is 4.98 Å². The van der Waals surface area contributed by atoms with E-state index in [0.29, 0.717) is 12.4 Å². The van der Waals surface area contributed by atoms with Crippen molar-refractivity contribution in [3.8, 4) is 5.75 Å². The largest absolute Gasteiger partial charge is 0.487 e. The number of pyridine rings is 1. The van der Waals surface area contributed by atoms with Gasteiger partial charge in [0.25, 0.3) is 0 Å². The molecule has 20 heavy (non-hydrogen) atoms. The molecule has 0 spiro atoms. The Kier molecular flexibility index (Phi) is 4.50. The van der Waals surface area contributed by atoms with Gasteiger partial charge in [0, 0.05) is 17.8 Å². The van der Waals surface area contributed by atoms with E-state index in [4.69, 9.17) is 9.84 Å². The molecule has 102 valence electrons. The number of carboxylic acid groups (broad SMARTS) is 1. The lowest BCUT2D eigenvalue weighted by Gasteiger charge is -2.09. The van der Waals surface area contributed by atoms with E-state index in [9.17, 15) is 4.79 Å². The average Bonchev–Trinajstić information content (AvgIpc) is 2.45. The number of aromatic nitrogens is 1. The minimum absolute atomic E-state index is 0.345. The summed E-state index contributed by atoms with van der Waals surface area (Å²) in [7, 11) is 0. The van der Waals surface area contributed by atoms with Crippen LogP contribution in [0.25, 0.3) is 6.08 Å². The van der Waals surface area contributed by atoms with Crippen LogP contribution in [0.2, 0.25) is 0 Å². The van der Waals surface area contributed by atoms with Gasteiger partial charge in [-0.2, -0.15) is 0 Å². The highest BCUT2D eigenvalue weighted by Crippen LogP contribution is 2.22. The smallest absolute Gasteiger partial charge is 0.328 e. The molecular formula is C16H15NO3. The Morgan fingerprint density at radius 3 is 2.90 bits per heavy atom. The monoisotopic (exact) mass is 269 g/mol. The van der Waals surface area contributed by atoms with Crippen LogP contribution in [0.3, 0.4) is 0 Å². The summed E-state index contributed by atoms with van der Waals surface area (Å²) in [5.41, 5.74) is 2.60. The summed E-state index contributed by atoms with van der Waals surface area (Å²) < 4.78 is 5.70. The molecule has 0 bridgehead atoms. The van der Waals surface area contributed by atoms with Gasteiger partial charge in [-0.3, -0.25) is 4.98 Å². The molecule has 0 unspecified atom stereocenters. The van der Waals surface area contributed by atoms with Crippen LogP contribution < -0.4 is 4.74 Å². The number of rotatable bonds is 5. The molecule has 1 aromatic carbocycles. The molecule has 0 saturated heterocycles. The summed E-state index contributed by atoms with van der Waals surface area (Å²) in [6.45, 7) is 2.29. The molecule has 0 amide bonds. The van der Waals surface area contributed by atoms with E-state index in [2.05, 4.69) is 4.98 Å². The third kappa shape index (κ3) is 3.95. The fourth-order valence-corrected chi connectivity index (χ4v) is 1.73. The molecular weight excluding hydrogens is 254 g/mol. The first-order valence-electron chi connectivity index (χ1n) is 6.19. The van der Waals surface area contributed by atoms with E-state index >= 15 is 0 Å². The van der Waals surface area contributed by atoms with Crippen LogP contribution in [0.1, 0.15) is 16.8 Å². The Balaban J connectivity index is 2.16. The van der Waals surface area contributed by atoms with Crippen molar-refractivity contribution in [1.29, 1.82) is 0 Å². The number of hydrogen-bond donors (Lipinski definition) is 1. The molecule has 4 nitrogen and oxygen atoms in total. The highest BCUT2D eigenvalue weighted by molar-refractivity contribution is 5.85. The van der Waals surface area contributed by atoms with Gasteiger partial charge in [0.2, 0.25) is 0 Å². The lowest BCUT2D eigenvalue weighted by atomic mass is 10.1. The maximum atomic E-state index is 10.6. The van der Waals surface area contributed by atoms with Crippen molar-refractivity contribution in [2.75, 3.05) is 0 Å². The molecule has 2 aromatic rings. The second kappa shape index (κ2) is 6.52. The molecule has 0 radical (unpaired) electrons. The molecule has 1 heterocycles. The van der Waals surface area contributed by atoms with Gasteiger partial charge >= 0.3 is 5.97 Å². The number of ether oxygens (including phenoxy) is 1. The number of carbonyl (C=O) groups is 1. The van der Waals surface area contributed by atoms with Crippen LogP contribution in [-0.2, 0) is 11.4 Å². The topological polar surface area (TPSA) is 59.4 Å². The fraction of sp³-hybridized carbons (Fsp3) is 0.125. The van der Waals surface area contributed by atoms with Crippen LogP contribution in [0, 0.1) is 6.92 Å². The number of hydrogen-bond acceptors (Lipinski definition) is 3. The lowest BCUT2D eigenvalue weighted by molar-refractivity contribution is -0.131. The number of benzene rings is 1. The van der Waals surface area contributed by atoms with Crippen LogP contribution in [0.15, 0.2) is 48.7 Å². The van der Waals surface area contributed by atoms with Crippen LogP contribution in [0.5, 0.6) is 5.75 Å². The van der Waals surface area contributed by atoms with Gasteiger partial charge in [-0.25, -0.2) is 4.79 Å². The zero-order valence-corrected chi connectivity index (χ0v) is 11.1. The molecule has 0 fully saturated rings. The summed E-state index contributed by atoms with van der Waals surface area (Å²) in [6.07, 6.45) is 4.34. The summed E-state index contributed by atoms with van der Waals surface area (Å²) >= 11 is 0. The van der Waals surface area contributed by atoms with Crippen LogP contribution in [0.4, 0.5) is 0 Å². The number of aryl methyl sites for hydroxylation is 1. The van der Waals surface area contributed by atoms with Crippen molar-refractivity contribution in [2.45, 2.75) is 13.5 Å². The van der Waals surface area contributed by atoms with Gasteiger partial charge in [0.15, 0.2) is 0 Å². The highest BCUT2D eigenvalue weighted by atomic mass is 16.5. The van der Waals surface area contributed by atoms with Gasteiger partial charge in [0.1, 0.15) is 12.4 Å². The van der Waals surface area contributed by atoms with E-state index in [1.54, 1.807) is 6.20 Å². The first-order chi connectivity index (χ1) is 9.65. The maximum absolute atomic E-state index is 10.6. The number of aliphatic carboxylic acids is 1. The Hall–Kier alpha value is -2.62. The predicted molar refractivity (Wildman–Crippen MR) is 76.4 cm³/mol. The quantitative estimate of drug-likeness (QED) is 0.847. The second-order valence-corrected chi connectivity index (χ2v) is 4.32. The summed E-state index contributed by atoms with van der Waals surface area (Å²) in [5, 5.41) is 8.71. The van der Waals surface area contributed by atoms with Gasteiger partial charge in [-0.05, 0) is 37.3 Å². The molecule has 0 saturated carbocycles. The van der Waals surface area contributed by atoms with Crippen molar-refractivity contribution in [3.05, 3.63) is 65.5 Å². The lowest BCUT2D eigenvalue weighted by Crippen LogP contribution is -1.99. The zero-order chi connectivity index (χ0) is 14.4. The normalized spacial score (nSPS) is 10.7. The third-order valence-corrected chi connectivity index (χ3v) is 2.67. The molecule has 0 atom stereocenters.